The fraction of sp³-hybridized carbons (Fsp3) is 0.0577. The predicted molar refractivity (Wildman–Crippen MR) is 231 cm³/mol. The number of aromatic nitrogens is 2. The molecule has 8 aromatic carbocycles. The van der Waals surface area contributed by atoms with E-state index in [2.05, 4.69) is 212 Å². The Balaban J connectivity index is 1.12. The molecule has 0 bridgehead atoms. The monoisotopic (exact) mass is 703 g/mol. The van der Waals surface area contributed by atoms with Crippen molar-refractivity contribution in [2.45, 2.75) is 19.3 Å². The van der Waals surface area contributed by atoms with Gasteiger partial charge in [-0.05, 0) is 98.6 Å². The number of anilines is 3. The third kappa shape index (κ3) is 4.73. The molecule has 55 heavy (non-hydrogen) atoms. The van der Waals surface area contributed by atoms with Crippen molar-refractivity contribution in [2.75, 3.05) is 4.90 Å². The molecule has 0 aliphatic heterocycles. The molecule has 1 aliphatic carbocycles. The fourth-order valence-corrected chi connectivity index (χ4v) is 9.20. The second-order valence-electron chi connectivity index (χ2n) is 15.2. The maximum atomic E-state index is 5.37. The maximum Gasteiger partial charge on any atom is 0.145 e. The summed E-state index contributed by atoms with van der Waals surface area (Å²) in [6, 6.07) is 66.0. The van der Waals surface area contributed by atoms with Crippen LogP contribution in [-0.2, 0) is 5.41 Å². The molecule has 0 N–H and O–H groups in total. The van der Waals surface area contributed by atoms with Gasteiger partial charge in [0, 0.05) is 50.4 Å². The van der Waals surface area contributed by atoms with Gasteiger partial charge in [0.15, 0.2) is 0 Å². The number of nitrogens with zero attached hydrogens (tertiary/aromatic N) is 3. The molecule has 0 spiro atoms. The van der Waals surface area contributed by atoms with E-state index in [1.807, 2.05) is 0 Å². The van der Waals surface area contributed by atoms with Gasteiger partial charge in [0.05, 0.1) is 11.0 Å². The summed E-state index contributed by atoms with van der Waals surface area (Å²) in [5, 5.41) is 7.26. The summed E-state index contributed by atoms with van der Waals surface area (Å²) in [7, 11) is 0. The summed E-state index contributed by atoms with van der Waals surface area (Å²) in [6.45, 7) is 4.68. The molecular weight excluding hydrogens is 667 g/mol. The average Bonchev–Trinajstić information content (AvgIpc) is 3.70. The van der Waals surface area contributed by atoms with E-state index in [4.69, 9.17) is 4.98 Å². The fourth-order valence-electron chi connectivity index (χ4n) is 9.20. The van der Waals surface area contributed by atoms with Crippen molar-refractivity contribution in [1.29, 1.82) is 0 Å². The number of pyridine rings is 1. The van der Waals surface area contributed by atoms with Crippen molar-refractivity contribution >= 4 is 60.5 Å². The molecule has 3 heteroatoms. The molecular formula is C52H37N3. The minimum Gasteiger partial charge on any atom is -0.309 e. The van der Waals surface area contributed by atoms with E-state index < -0.39 is 0 Å². The van der Waals surface area contributed by atoms with Crippen molar-refractivity contribution in [2.24, 2.45) is 0 Å². The summed E-state index contributed by atoms with van der Waals surface area (Å²) in [5.74, 6) is 0.909. The van der Waals surface area contributed by atoms with E-state index in [1.165, 1.54) is 60.2 Å². The van der Waals surface area contributed by atoms with E-state index in [-0.39, 0.29) is 5.41 Å². The van der Waals surface area contributed by atoms with Gasteiger partial charge in [-0.15, -0.1) is 0 Å². The molecule has 11 rings (SSSR count). The second kappa shape index (κ2) is 12.0. The van der Waals surface area contributed by atoms with Crippen LogP contribution in [0.25, 0.3) is 71.3 Å². The topological polar surface area (TPSA) is 21.1 Å². The first-order chi connectivity index (χ1) is 27.1. The number of rotatable bonds is 5. The normalized spacial score (nSPS) is 13.1. The van der Waals surface area contributed by atoms with Gasteiger partial charge in [-0.2, -0.15) is 0 Å². The van der Waals surface area contributed by atoms with Crippen LogP contribution in [0, 0.1) is 0 Å². The summed E-state index contributed by atoms with van der Waals surface area (Å²) < 4.78 is 2.40. The molecule has 0 saturated carbocycles. The Morgan fingerprint density at radius 3 is 1.98 bits per heavy atom. The van der Waals surface area contributed by atoms with Gasteiger partial charge in [-0.1, -0.05) is 141 Å². The zero-order valence-electron chi connectivity index (χ0n) is 30.7. The zero-order chi connectivity index (χ0) is 36.7. The smallest absolute Gasteiger partial charge is 0.145 e. The highest BCUT2D eigenvalue weighted by Crippen LogP contribution is 2.51. The van der Waals surface area contributed by atoms with Crippen LogP contribution >= 0.6 is 0 Å². The molecule has 0 amide bonds. The largest absolute Gasteiger partial charge is 0.309 e. The summed E-state index contributed by atoms with van der Waals surface area (Å²) in [6.07, 6.45) is 2.08. The van der Waals surface area contributed by atoms with Crippen molar-refractivity contribution in [3.8, 4) is 27.9 Å². The van der Waals surface area contributed by atoms with Crippen LogP contribution in [0.4, 0.5) is 17.2 Å². The number of hydrogen-bond acceptors (Lipinski definition) is 2. The first kappa shape index (κ1) is 31.5. The Kier molecular flexibility index (Phi) is 6.90. The van der Waals surface area contributed by atoms with E-state index in [0.29, 0.717) is 0 Å². The summed E-state index contributed by atoms with van der Waals surface area (Å²) in [5.41, 5.74) is 13.2. The minimum atomic E-state index is -0.114. The average molecular weight is 704 g/mol. The second-order valence-corrected chi connectivity index (χ2v) is 15.2. The van der Waals surface area contributed by atoms with E-state index >= 15 is 0 Å². The first-order valence-electron chi connectivity index (χ1n) is 19.1. The minimum absolute atomic E-state index is 0.114. The first-order valence-corrected chi connectivity index (χ1v) is 19.1. The van der Waals surface area contributed by atoms with E-state index in [1.54, 1.807) is 0 Å². The number of para-hydroxylation sites is 2. The zero-order valence-corrected chi connectivity index (χ0v) is 30.7. The standard InChI is InChI=1S/C52H37N3/c1-52(2)46-24-14-13-22-41(46)42-28-27-38(32-47(42)52)54(36-16-5-3-6-17-36)51-43-23-12-11-21-40(43)45(33-53-51)35-26-29-48-44(31-35)50-39-20-10-9-15-34(39)25-30-49(50)55(48)37-18-7-4-8-19-37/h3-33H,1-2H3. The molecule has 0 fully saturated rings. The van der Waals surface area contributed by atoms with Gasteiger partial charge < -0.3 is 4.57 Å². The molecule has 1 aliphatic rings. The van der Waals surface area contributed by atoms with Gasteiger partial charge >= 0.3 is 0 Å². The molecule has 0 radical (unpaired) electrons. The Morgan fingerprint density at radius 2 is 1.15 bits per heavy atom. The van der Waals surface area contributed by atoms with Crippen LogP contribution in [0.1, 0.15) is 25.0 Å². The van der Waals surface area contributed by atoms with Gasteiger partial charge in [0.1, 0.15) is 5.82 Å². The van der Waals surface area contributed by atoms with Gasteiger partial charge in [0.2, 0.25) is 0 Å². The number of hydrogen-bond donors (Lipinski definition) is 0. The van der Waals surface area contributed by atoms with Crippen molar-refractivity contribution in [3.05, 3.63) is 199 Å². The van der Waals surface area contributed by atoms with Gasteiger partial charge in [0.25, 0.3) is 0 Å². The van der Waals surface area contributed by atoms with Crippen molar-refractivity contribution in [3.63, 3.8) is 0 Å². The lowest BCUT2D eigenvalue weighted by Crippen LogP contribution is -2.17. The van der Waals surface area contributed by atoms with Crippen LogP contribution < -0.4 is 4.90 Å². The van der Waals surface area contributed by atoms with Gasteiger partial charge in [-0.3, -0.25) is 4.90 Å². The Labute approximate surface area is 320 Å². The molecule has 10 aromatic rings. The molecule has 260 valence electrons. The SMILES string of the molecule is CC1(C)c2ccccc2-c2ccc(N(c3ccccc3)c3ncc(-c4ccc5c(c4)c4c6ccccc6ccc4n5-c4ccccc4)c4ccccc34)cc21. The highest BCUT2D eigenvalue weighted by molar-refractivity contribution is 6.22. The lowest BCUT2D eigenvalue weighted by atomic mass is 9.82. The quantitative estimate of drug-likeness (QED) is 0.178. The third-order valence-electron chi connectivity index (χ3n) is 11.8. The highest BCUT2D eigenvalue weighted by atomic mass is 15.2. The van der Waals surface area contributed by atoms with Gasteiger partial charge in [-0.25, -0.2) is 4.98 Å². The van der Waals surface area contributed by atoms with Crippen LogP contribution in [0.3, 0.4) is 0 Å². The lowest BCUT2D eigenvalue weighted by molar-refractivity contribution is 0.660. The molecule has 0 atom stereocenters. The highest BCUT2D eigenvalue weighted by Gasteiger charge is 2.36. The number of benzene rings is 8. The molecule has 2 aromatic heterocycles. The van der Waals surface area contributed by atoms with E-state index in [9.17, 15) is 0 Å². The van der Waals surface area contributed by atoms with Crippen LogP contribution in [0.2, 0.25) is 0 Å². The predicted octanol–water partition coefficient (Wildman–Crippen LogP) is 13.9. The third-order valence-corrected chi connectivity index (χ3v) is 11.8. The Bertz CT molecular complexity index is 3120. The Hall–Kier alpha value is -6.97. The molecule has 0 saturated heterocycles. The van der Waals surface area contributed by atoms with E-state index in [0.717, 1.165) is 39.4 Å². The van der Waals surface area contributed by atoms with Crippen LogP contribution in [-0.4, -0.2) is 9.55 Å². The molecule has 0 unspecified atom stereocenters. The van der Waals surface area contributed by atoms with Crippen LogP contribution in [0.5, 0.6) is 0 Å². The summed E-state index contributed by atoms with van der Waals surface area (Å²) in [4.78, 5) is 7.70. The lowest BCUT2D eigenvalue weighted by Gasteiger charge is -2.28. The molecule has 2 heterocycles. The molecule has 3 nitrogen and oxygen atoms in total. The van der Waals surface area contributed by atoms with Crippen LogP contribution in [0.15, 0.2) is 188 Å². The maximum absolute atomic E-state index is 5.37. The number of fused-ring (bicyclic) bond motifs is 9. The van der Waals surface area contributed by atoms with Crippen molar-refractivity contribution < 1.29 is 0 Å². The summed E-state index contributed by atoms with van der Waals surface area (Å²) >= 11 is 0. The Morgan fingerprint density at radius 1 is 0.473 bits per heavy atom. The van der Waals surface area contributed by atoms with Crippen molar-refractivity contribution in [1.82, 2.24) is 9.55 Å².